The molecule has 0 radical (unpaired) electrons. The average molecular weight is 198 g/mol. The van der Waals surface area contributed by atoms with E-state index >= 15 is 0 Å². The fourth-order valence-corrected chi connectivity index (χ4v) is 1.26. The highest BCUT2D eigenvalue weighted by atomic mass is 16.3. The van der Waals surface area contributed by atoms with Crippen LogP contribution in [0.4, 0.5) is 0 Å². The summed E-state index contributed by atoms with van der Waals surface area (Å²) in [6.07, 6.45) is 6.69. The normalized spacial score (nSPS) is 15.6. The Morgan fingerprint density at radius 2 is 1.86 bits per heavy atom. The molecule has 0 aromatic carbocycles. The second kappa shape index (κ2) is 6.10. The predicted octanol–water partition coefficient (Wildman–Crippen LogP) is 4.69. The first-order valence-corrected chi connectivity index (χ1v) is 5.78. The standard InChI is InChI=1S/C13H26O/c1-6-7-8-9-10-12(14)11(2)13(3,4)5/h10-11,14H,6-9H2,1-5H3. The molecule has 0 rings (SSSR count). The largest absolute Gasteiger partial charge is 0.512 e. The van der Waals surface area contributed by atoms with E-state index in [2.05, 4.69) is 34.6 Å². The van der Waals surface area contributed by atoms with Crippen LogP contribution in [0.25, 0.3) is 0 Å². The van der Waals surface area contributed by atoms with E-state index in [1.165, 1.54) is 19.3 Å². The molecule has 0 saturated carbocycles. The minimum Gasteiger partial charge on any atom is -0.512 e. The summed E-state index contributed by atoms with van der Waals surface area (Å²) in [6.45, 7) is 10.8. The SMILES string of the molecule is CCCCCC=C(O)C(C)C(C)(C)C. The molecule has 0 spiro atoms. The van der Waals surface area contributed by atoms with Gasteiger partial charge in [-0.15, -0.1) is 0 Å². The Morgan fingerprint density at radius 3 is 2.29 bits per heavy atom. The van der Waals surface area contributed by atoms with Gasteiger partial charge in [0.1, 0.15) is 0 Å². The molecule has 0 saturated heterocycles. The molecule has 0 fully saturated rings. The Morgan fingerprint density at radius 1 is 1.29 bits per heavy atom. The van der Waals surface area contributed by atoms with Crippen molar-refractivity contribution >= 4 is 0 Å². The molecule has 0 aliphatic heterocycles. The molecule has 0 aromatic heterocycles. The van der Waals surface area contributed by atoms with Crippen LogP contribution in [0.15, 0.2) is 11.8 Å². The van der Waals surface area contributed by atoms with Gasteiger partial charge in [-0.05, 0) is 24.3 Å². The second-order valence-corrected chi connectivity index (χ2v) is 5.21. The predicted molar refractivity (Wildman–Crippen MR) is 63.5 cm³/mol. The van der Waals surface area contributed by atoms with Crippen molar-refractivity contribution in [3.8, 4) is 0 Å². The first kappa shape index (κ1) is 13.5. The minimum atomic E-state index is 0.158. The molecular weight excluding hydrogens is 172 g/mol. The van der Waals surface area contributed by atoms with Crippen molar-refractivity contribution in [2.75, 3.05) is 0 Å². The molecule has 1 unspecified atom stereocenters. The van der Waals surface area contributed by atoms with Crippen molar-refractivity contribution < 1.29 is 5.11 Å². The molecule has 1 nitrogen and oxygen atoms in total. The molecule has 0 aromatic rings. The average Bonchev–Trinajstić information content (AvgIpc) is 2.09. The lowest BCUT2D eigenvalue weighted by Crippen LogP contribution is -2.19. The maximum Gasteiger partial charge on any atom is 0.0916 e. The molecule has 0 bridgehead atoms. The van der Waals surface area contributed by atoms with Gasteiger partial charge in [0, 0.05) is 5.92 Å². The number of aliphatic hydroxyl groups is 1. The van der Waals surface area contributed by atoms with Crippen LogP contribution in [0.3, 0.4) is 0 Å². The fraction of sp³-hybridized carbons (Fsp3) is 0.846. The van der Waals surface area contributed by atoms with E-state index < -0.39 is 0 Å². The number of aliphatic hydroxyl groups excluding tert-OH is 1. The van der Waals surface area contributed by atoms with E-state index in [0.717, 1.165) is 6.42 Å². The van der Waals surface area contributed by atoms with E-state index in [0.29, 0.717) is 5.76 Å². The molecule has 0 aliphatic carbocycles. The van der Waals surface area contributed by atoms with Crippen LogP contribution in [0.2, 0.25) is 0 Å². The quantitative estimate of drug-likeness (QED) is 0.502. The maximum absolute atomic E-state index is 9.81. The number of unbranched alkanes of at least 4 members (excludes halogenated alkanes) is 3. The van der Waals surface area contributed by atoms with Crippen LogP contribution >= 0.6 is 0 Å². The van der Waals surface area contributed by atoms with E-state index in [1.54, 1.807) is 0 Å². The Labute approximate surface area is 89.2 Å². The van der Waals surface area contributed by atoms with Crippen LogP contribution in [0.5, 0.6) is 0 Å². The molecule has 1 atom stereocenters. The Bertz CT molecular complexity index is 174. The zero-order valence-electron chi connectivity index (χ0n) is 10.4. The highest BCUT2D eigenvalue weighted by Gasteiger charge is 2.22. The monoisotopic (exact) mass is 198 g/mol. The van der Waals surface area contributed by atoms with Crippen LogP contribution in [0, 0.1) is 11.3 Å². The van der Waals surface area contributed by atoms with Crippen LogP contribution in [-0.4, -0.2) is 5.11 Å². The third kappa shape index (κ3) is 5.31. The first-order chi connectivity index (χ1) is 6.39. The summed E-state index contributed by atoms with van der Waals surface area (Å²) in [5.74, 6) is 0.817. The van der Waals surface area contributed by atoms with Gasteiger partial charge >= 0.3 is 0 Å². The Balaban J connectivity index is 3.98. The lowest BCUT2D eigenvalue weighted by molar-refractivity contribution is 0.216. The summed E-state index contributed by atoms with van der Waals surface area (Å²) >= 11 is 0. The zero-order valence-corrected chi connectivity index (χ0v) is 10.4. The Hall–Kier alpha value is -0.460. The molecular formula is C13H26O. The minimum absolute atomic E-state index is 0.158. The van der Waals surface area contributed by atoms with Gasteiger partial charge in [-0.25, -0.2) is 0 Å². The topological polar surface area (TPSA) is 20.2 Å². The van der Waals surface area contributed by atoms with Crippen molar-refractivity contribution in [1.29, 1.82) is 0 Å². The smallest absolute Gasteiger partial charge is 0.0916 e. The fourth-order valence-electron chi connectivity index (χ4n) is 1.26. The summed E-state index contributed by atoms with van der Waals surface area (Å²) < 4.78 is 0. The third-order valence-corrected chi connectivity index (χ3v) is 2.90. The maximum atomic E-state index is 9.81. The van der Waals surface area contributed by atoms with Gasteiger partial charge in [-0.3, -0.25) is 0 Å². The van der Waals surface area contributed by atoms with Crippen LogP contribution in [0.1, 0.15) is 60.3 Å². The third-order valence-electron chi connectivity index (χ3n) is 2.90. The van der Waals surface area contributed by atoms with Gasteiger partial charge in [0.25, 0.3) is 0 Å². The molecule has 0 aliphatic rings. The van der Waals surface area contributed by atoms with E-state index in [-0.39, 0.29) is 11.3 Å². The number of rotatable bonds is 5. The summed E-state index contributed by atoms with van der Waals surface area (Å²) in [5.41, 5.74) is 0.158. The molecule has 84 valence electrons. The molecule has 14 heavy (non-hydrogen) atoms. The number of allylic oxidation sites excluding steroid dienone is 2. The van der Waals surface area contributed by atoms with Crippen molar-refractivity contribution in [2.45, 2.75) is 60.3 Å². The van der Waals surface area contributed by atoms with Gasteiger partial charge < -0.3 is 5.11 Å². The van der Waals surface area contributed by atoms with Crippen LogP contribution < -0.4 is 0 Å². The van der Waals surface area contributed by atoms with Crippen molar-refractivity contribution in [3.63, 3.8) is 0 Å². The molecule has 1 N–H and O–H groups in total. The van der Waals surface area contributed by atoms with Gasteiger partial charge in [0.15, 0.2) is 0 Å². The summed E-state index contributed by atoms with van der Waals surface area (Å²) in [4.78, 5) is 0. The van der Waals surface area contributed by atoms with E-state index in [9.17, 15) is 5.11 Å². The number of hydrogen-bond donors (Lipinski definition) is 1. The van der Waals surface area contributed by atoms with Gasteiger partial charge in [0.05, 0.1) is 5.76 Å². The Kier molecular flexibility index (Phi) is 5.90. The lowest BCUT2D eigenvalue weighted by atomic mass is 9.80. The lowest BCUT2D eigenvalue weighted by Gasteiger charge is -2.26. The second-order valence-electron chi connectivity index (χ2n) is 5.21. The first-order valence-electron chi connectivity index (χ1n) is 5.78. The molecule has 0 heterocycles. The highest BCUT2D eigenvalue weighted by Crippen LogP contribution is 2.30. The van der Waals surface area contributed by atoms with Crippen molar-refractivity contribution in [1.82, 2.24) is 0 Å². The van der Waals surface area contributed by atoms with Crippen molar-refractivity contribution in [2.24, 2.45) is 11.3 Å². The number of hydrogen-bond acceptors (Lipinski definition) is 1. The summed E-state index contributed by atoms with van der Waals surface area (Å²) in [6, 6.07) is 0. The highest BCUT2D eigenvalue weighted by molar-refractivity contribution is 4.99. The van der Waals surface area contributed by atoms with Crippen LogP contribution in [-0.2, 0) is 0 Å². The van der Waals surface area contributed by atoms with E-state index in [1.807, 2.05) is 6.08 Å². The van der Waals surface area contributed by atoms with Gasteiger partial charge in [0.2, 0.25) is 0 Å². The van der Waals surface area contributed by atoms with Crippen molar-refractivity contribution in [3.05, 3.63) is 11.8 Å². The summed E-state index contributed by atoms with van der Waals surface area (Å²) in [5, 5.41) is 9.81. The summed E-state index contributed by atoms with van der Waals surface area (Å²) in [7, 11) is 0. The zero-order chi connectivity index (χ0) is 11.2. The van der Waals surface area contributed by atoms with E-state index in [4.69, 9.17) is 0 Å². The van der Waals surface area contributed by atoms with Gasteiger partial charge in [-0.2, -0.15) is 0 Å². The molecule has 1 heteroatoms. The van der Waals surface area contributed by atoms with Gasteiger partial charge in [-0.1, -0.05) is 47.5 Å². The molecule has 0 amide bonds.